The lowest BCUT2D eigenvalue weighted by atomic mass is 9.90. The summed E-state index contributed by atoms with van der Waals surface area (Å²) < 4.78 is 14.9. The lowest BCUT2D eigenvalue weighted by molar-refractivity contribution is -0.147. The molecule has 4 rings (SSSR count). The lowest BCUT2D eigenvalue weighted by Gasteiger charge is -2.19. The fraction of sp³-hybridized carbons (Fsp3) is 0.316. The van der Waals surface area contributed by atoms with Crippen LogP contribution in [0.15, 0.2) is 30.3 Å². The zero-order valence-corrected chi connectivity index (χ0v) is 15.7. The number of amides is 1. The largest absolute Gasteiger partial charge is 0.481 e. The second-order valence-electron chi connectivity index (χ2n) is 7.15. The molecule has 2 aromatic heterocycles. The minimum Gasteiger partial charge on any atom is -0.481 e. The molecular weight excluding hydrogens is 369 g/mol. The third-order valence-electron chi connectivity index (χ3n) is 5.10. The van der Waals surface area contributed by atoms with Crippen molar-refractivity contribution in [2.24, 2.45) is 5.41 Å². The molecule has 0 bridgehead atoms. The Kier molecular flexibility index (Phi) is 4.03. The summed E-state index contributed by atoms with van der Waals surface area (Å²) in [7, 11) is 0. The van der Waals surface area contributed by atoms with Gasteiger partial charge in [-0.25, -0.2) is 9.07 Å². The van der Waals surface area contributed by atoms with Crippen LogP contribution in [0.3, 0.4) is 0 Å². The zero-order valence-electron chi connectivity index (χ0n) is 14.9. The molecule has 3 heterocycles. The average molecular weight is 387 g/mol. The molecule has 140 valence electrons. The second kappa shape index (κ2) is 6.16. The van der Waals surface area contributed by atoms with Crippen LogP contribution < -0.4 is 0 Å². The van der Waals surface area contributed by atoms with Crippen molar-refractivity contribution >= 4 is 33.4 Å². The Morgan fingerprint density at radius 2 is 2.00 bits per heavy atom. The average Bonchev–Trinajstić information content (AvgIpc) is 3.31. The van der Waals surface area contributed by atoms with E-state index in [0.29, 0.717) is 17.8 Å². The molecule has 1 N–H and O–H groups in total. The zero-order chi connectivity index (χ0) is 19.3. The Balaban J connectivity index is 1.68. The van der Waals surface area contributed by atoms with Gasteiger partial charge in [0.15, 0.2) is 0 Å². The van der Waals surface area contributed by atoms with Gasteiger partial charge >= 0.3 is 5.97 Å². The number of carbonyl (C=O) groups is 2. The second-order valence-corrected chi connectivity index (χ2v) is 8.18. The van der Waals surface area contributed by atoms with Crippen molar-refractivity contribution in [3.05, 3.63) is 46.7 Å². The summed E-state index contributed by atoms with van der Waals surface area (Å²) in [6.45, 7) is 4.17. The van der Waals surface area contributed by atoms with E-state index in [2.05, 4.69) is 5.10 Å². The molecule has 1 aromatic carbocycles. The van der Waals surface area contributed by atoms with Gasteiger partial charge in [-0.1, -0.05) is 0 Å². The van der Waals surface area contributed by atoms with Gasteiger partial charge in [-0.3, -0.25) is 9.59 Å². The van der Waals surface area contributed by atoms with Gasteiger partial charge in [-0.2, -0.15) is 5.10 Å². The molecule has 3 aromatic rings. The van der Waals surface area contributed by atoms with E-state index in [1.807, 2.05) is 6.92 Å². The number of aliphatic carboxylic acids is 1. The van der Waals surface area contributed by atoms with Gasteiger partial charge in [0, 0.05) is 18.5 Å². The van der Waals surface area contributed by atoms with E-state index in [1.165, 1.54) is 23.5 Å². The molecule has 1 amide bonds. The Morgan fingerprint density at radius 1 is 1.30 bits per heavy atom. The van der Waals surface area contributed by atoms with E-state index in [-0.39, 0.29) is 18.3 Å². The van der Waals surface area contributed by atoms with Crippen molar-refractivity contribution in [1.29, 1.82) is 0 Å². The normalized spacial score (nSPS) is 19.7. The van der Waals surface area contributed by atoms with E-state index >= 15 is 0 Å². The molecule has 0 aliphatic carbocycles. The number of carboxylic acids is 1. The summed E-state index contributed by atoms with van der Waals surface area (Å²) in [5.74, 6) is -1.36. The summed E-state index contributed by atoms with van der Waals surface area (Å²) in [6, 6.07) is 7.83. The number of carboxylic acid groups (broad SMARTS) is 1. The van der Waals surface area contributed by atoms with E-state index < -0.39 is 11.4 Å². The number of hydrogen-bond donors (Lipinski definition) is 1. The number of halogens is 1. The smallest absolute Gasteiger partial charge is 0.311 e. The first-order valence-corrected chi connectivity index (χ1v) is 9.38. The van der Waals surface area contributed by atoms with Crippen molar-refractivity contribution in [3.8, 4) is 5.69 Å². The molecule has 1 unspecified atom stereocenters. The fourth-order valence-electron chi connectivity index (χ4n) is 3.37. The summed E-state index contributed by atoms with van der Waals surface area (Å²) in [4.78, 5) is 27.3. The van der Waals surface area contributed by atoms with Crippen molar-refractivity contribution in [1.82, 2.24) is 14.7 Å². The highest BCUT2D eigenvalue weighted by molar-refractivity contribution is 7.20. The predicted octanol–water partition coefficient (Wildman–Crippen LogP) is 3.47. The third-order valence-corrected chi connectivity index (χ3v) is 6.20. The van der Waals surface area contributed by atoms with Gasteiger partial charge < -0.3 is 10.0 Å². The highest BCUT2D eigenvalue weighted by Crippen LogP contribution is 2.35. The summed E-state index contributed by atoms with van der Waals surface area (Å²) in [5.41, 5.74) is 0.601. The quantitative estimate of drug-likeness (QED) is 0.747. The number of rotatable bonds is 3. The van der Waals surface area contributed by atoms with Crippen LogP contribution in [0.1, 0.15) is 28.7 Å². The van der Waals surface area contributed by atoms with Crippen LogP contribution in [-0.2, 0) is 4.79 Å². The van der Waals surface area contributed by atoms with Crippen molar-refractivity contribution < 1.29 is 19.1 Å². The summed E-state index contributed by atoms with van der Waals surface area (Å²) in [6.07, 6.45) is 0.446. The number of benzene rings is 1. The number of hydrogen-bond acceptors (Lipinski definition) is 4. The number of fused-ring (bicyclic) bond motifs is 1. The van der Waals surface area contributed by atoms with E-state index in [0.717, 1.165) is 21.6 Å². The first kappa shape index (κ1) is 17.7. The third kappa shape index (κ3) is 2.90. The van der Waals surface area contributed by atoms with E-state index in [1.54, 1.807) is 34.7 Å². The van der Waals surface area contributed by atoms with Crippen LogP contribution in [0.25, 0.3) is 15.9 Å². The summed E-state index contributed by atoms with van der Waals surface area (Å²) in [5, 5.41) is 14.7. The van der Waals surface area contributed by atoms with Gasteiger partial charge in [0.2, 0.25) is 0 Å². The highest BCUT2D eigenvalue weighted by atomic mass is 32.1. The van der Waals surface area contributed by atoms with Crippen molar-refractivity contribution in [2.75, 3.05) is 13.1 Å². The number of thiophene rings is 1. The van der Waals surface area contributed by atoms with Crippen LogP contribution in [0.4, 0.5) is 4.39 Å². The van der Waals surface area contributed by atoms with Gasteiger partial charge in [0.25, 0.3) is 5.91 Å². The Labute approximate surface area is 158 Å². The van der Waals surface area contributed by atoms with Crippen molar-refractivity contribution in [2.45, 2.75) is 20.3 Å². The lowest BCUT2D eigenvalue weighted by Crippen LogP contribution is -2.34. The van der Waals surface area contributed by atoms with Crippen LogP contribution in [-0.4, -0.2) is 44.8 Å². The number of aromatic nitrogens is 2. The van der Waals surface area contributed by atoms with E-state index in [9.17, 15) is 19.1 Å². The van der Waals surface area contributed by atoms with Crippen LogP contribution in [0, 0.1) is 18.2 Å². The molecule has 1 aliphatic rings. The first-order chi connectivity index (χ1) is 12.8. The molecule has 1 saturated heterocycles. The standard InChI is InChI=1S/C19H18FN3O3S/c1-11-14-9-15(16(24)22-8-7-19(2,10-22)18(25)26)27-17(14)23(21-11)13-5-3-12(20)4-6-13/h3-6,9H,7-8,10H2,1-2H3,(H,25,26). The Bertz CT molecular complexity index is 1060. The molecule has 0 spiro atoms. The molecule has 0 saturated carbocycles. The fourth-order valence-corrected chi connectivity index (χ4v) is 4.53. The monoisotopic (exact) mass is 387 g/mol. The number of carbonyl (C=O) groups excluding carboxylic acids is 1. The maximum atomic E-state index is 13.2. The predicted molar refractivity (Wildman–Crippen MR) is 99.9 cm³/mol. The Morgan fingerprint density at radius 3 is 2.63 bits per heavy atom. The highest BCUT2D eigenvalue weighted by Gasteiger charge is 2.42. The molecule has 0 radical (unpaired) electrons. The van der Waals surface area contributed by atoms with Gasteiger partial charge in [0.05, 0.1) is 21.7 Å². The number of aryl methyl sites for hydroxylation is 1. The molecule has 27 heavy (non-hydrogen) atoms. The van der Waals surface area contributed by atoms with Gasteiger partial charge in [-0.05, 0) is 50.6 Å². The van der Waals surface area contributed by atoms with E-state index in [4.69, 9.17) is 0 Å². The van der Waals surface area contributed by atoms with Crippen molar-refractivity contribution in [3.63, 3.8) is 0 Å². The SMILES string of the molecule is Cc1nn(-c2ccc(F)cc2)c2sc(C(=O)N3CCC(C)(C(=O)O)C3)cc12. The molecule has 8 heteroatoms. The molecule has 6 nitrogen and oxygen atoms in total. The minimum atomic E-state index is -0.896. The van der Waals surface area contributed by atoms with Gasteiger partial charge in [-0.15, -0.1) is 11.3 Å². The first-order valence-electron chi connectivity index (χ1n) is 8.56. The molecular formula is C19H18FN3O3S. The maximum Gasteiger partial charge on any atom is 0.311 e. The summed E-state index contributed by atoms with van der Waals surface area (Å²) >= 11 is 1.32. The molecule has 1 atom stereocenters. The Hall–Kier alpha value is -2.74. The number of likely N-dealkylation sites (tertiary alicyclic amines) is 1. The molecule has 1 aliphatic heterocycles. The minimum absolute atomic E-state index is 0.161. The maximum absolute atomic E-state index is 13.2. The molecule has 1 fully saturated rings. The topological polar surface area (TPSA) is 75.4 Å². The van der Waals surface area contributed by atoms with Crippen LogP contribution >= 0.6 is 11.3 Å². The number of nitrogens with zero attached hydrogens (tertiary/aromatic N) is 3. The van der Waals surface area contributed by atoms with Crippen LogP contribution in [0.2, 0.25) is 0 Å². The van der Waals surface area contributed by atoms with Gasteiger partial charge in [0.1, 0.15) is 10.6 Å². The van der Waals surface area contributed by atoms with Crippen LogP contribution in [0.5, 0.6) is 0 Å².